The summed E-state index contributed by atoms with van der Waals surface area (Å²) in [5.74, 6) is -0.120. The maximum absolute atomic E-state index is 11.5. The molecule has 1 rings (SSSR count). The van der Waals surface area contributed by atoms with Crippen molar-refractivity contribution in [3.05, 3.63) is 29.8 Å². The third kappa shape index (κ3) is 5.14. The highest BCUT2D eigenvalue weighted by molar-refractivity contribution is 8.08. The number of hydrogen-bond donors (Lipinski definition) is 3. The molecule has 0 aliphatic rings. The highest BCUT2D eigenvalue weighted by atomic mass is 32.3. The summed E-state index contributed by atoms with van der Waals surface area (Å²) >= 11 is 0. The van der Waals surface area contributed by atoms with Gasteiger partial charge in [0.05, 0.1) is 0 Å². The van der Waals surface area contributed by atoms with Gasteiger partial charge in [-0.1, -0.05) is 5.16 Å². The van der Waals surface area contributed by atoms with E-state index < -0.39 is 24.9 Å². The van der Waals surface area contributed by atoms with Crippen LogP contribution in [0, 0.1) is 0 Å². The van der Waals surface area contributed by atoms with Gasteiger partial charge >= 0.3 is 0 Å². The Labute approximate surface area is 110 Å². The van der Waals surface area contributed by atoms with E-state index in [9.17, 15) is 16.8 Å². The number of rotatable bonds is 5. The fourth-order valence-electron chi connectivity index (χ4n) is 1.26. The minimum Gasteiger partial charge on any atom is -0.409 e. The Balaban J connectivity index is 2.90. The normalized spacial score (nSPS) is 13.2. The number of sulfonamides is 1. The second-order valence-corrected chi connectivity index (χ2v) is 8.05. The monoisotopic (exact) mass is 307 g/mol. The lowest BCUT2D eigenvalue weighted by molar-refractivity contribution is 0.318. The average molecular weight is 307 g/mol. The third-order valence-corrected chi connectivity index (χ3v) is 5.43. The van der Waals surface area contributed by atoms with Gasteiger partial charge < -0.3 is 10.9 Å². The first-order valence-corrected chi connectivity index (χ1v) is 8.60. The van der Waals surface area contributed by atoms with Crippen molar-refractivity contribution >= 4 is 31.4 Å². The first-order valence-electron chi connectivity index (χ1n) is 4.89. The van der Waals surface area contributed by atoms with Crippen molar-refractivity contribution in [2.24, 2.45) is 10.9 Å². The van der Waals surface area contributed by atoms with Gasteiger partial charge in [-0.05, 0) is 24.3 Å². The molecule has 4 N–H and O–H groups in total. The summed E-state index contributed by atoms with van der Waals surface area (Å²) in [4.78, 5) is 0. The molecule has 0 aliphatic heterocycles. The molecule has 19 heavy (non-hydrogen) atoms. The Morgan fingerprint density at radius 2 is 1.79 bits per heavy atom. The molecule has 0 saturated carbocycles. The van der Waals surface area contributed by atoms with Gasteiger partial charge in [0.1, 0.15) is 0 Å². The Hall–Kier alpha value is -1.81. The zero-order chi connectivity index (χ0) is 14.7. The molecule has 1 aromatic carbocycles. The number of nitrogens with zero attached hydrogens (tertiary/aromatic N) is 1. The summed E-state index contributed by atoms with van der Waals surface area (Å²) in [6, 6.07) is 5.58. The van der Waals surface area contributed by atoms with E-state index in [0.717, 1.165) is 6.26 Å². The number of nitrogens with two attached hydrogens (primary N) is 1. The Kier molecular flexibility index (Phi) is 4.37. The molecule has 0 heterocycles. The predicted molar refractivity (Wildman–Crippen MR) is 71.2 cm³/mol. The average Bonchev–Trinajstić information content (AvgIpc) is 2.25. The molecule has 0 bridgehead atoms. The maximum atomic E-state index is 11.5. The second kappa shape index (κ2) is 5.45. The van der Waals surface area contributed by atoms with Crippen molar-refractivity contribution in [2.45, 2.75) is 0 Å². The summed E-state index contributed by atoms with van der Waals surface area (Å²) in [6.07, 6.45) is 0.827. The van der Waals surface area contributed by atoms with Gasteiger partial charge in [-0.3, -0.25) is 4.72 Å². The van der Waals surface area contributed by atoms with Gasteiger partial charge in [0, 0.05) is 17.5 Å². The third-order valence-electron chi connectivity index (χ3n) is 1.93. The van der Waals surface area contributed by atoms with Crippen LogP contribution in [0.15, 0.2) is 29.4 Å². The van der Waals surface area contributed by atoms with E-state index in [0.29, 0.717) is 5.56 Å². The second-order valence-electron chi connectivity index (χ2n) is 3.82. The molecule has 106 valence electrons. The van der Waals surface area contributed by atoms with Gasteiger partial charge in [0.2, 0.25) is 10.0 Å². The van der Waals surface area contributed by atoms with Crippen molar-refractivity contribution in [1.29, 1.82) is 0 Å². The molecule has 0 saturated heterocycles. The number of benzene rings is 1. The van der Waals surface area contributed by atoms with Gasteiger partial charge in [0.15, 0.2) is 20.8 Å². The first kappa shape index (κ1) is 15.2. The molecule has 1 aromatic rings. The van der Waals surface area contributed by atoms with Crippen LogP contribution < -0.4 is 10.5 Å². The van der Waals surface area contributed by atoms with E-state index in [1.54, 1.807) is 0 Å². The van der Waals surface area contributed by atoms with E-state index >= 15 is 0 Å². The van der Waals surface area contributed by atoms with Crippen LogP contribution in [0.1, 0.15) is 5.56 Å². The molecule has 0 aromatic heterocycles. The van der Waals surface area contributed by atoms with Crippen LogP contribution in [0.3, 0.4) is 0 Å². The lowest BCUT2D eigenvalue weighted by Crippen LogP contribution is -2.22. The van der Waals surface area contributed by atoms with Crippen molar-refractivity contribution in [1.82, 2.24) is 0 Å². The number of sulfone groups is 1. The van der Waals surface area contributed by atoms with Crippen LogP contribution in [-0.4, -0.2) is 39.2 Å². The number of hydrogen-bond acceptors (Lipinski definition) is 6. The fraction of sp³-hybridized carbons (Fsp3) is 0.222. The molecule has 0 aliphatic carbocycles. The Bertz CT molecular complexity index is 677. The molecular formula is C9H13N3O5S2. The van der Waals surface area contributed by atoms with E-state index in [2.05, 4.69) is 9.88 Å². The van der Waals surface area contributed by atoms with Gasteiger partial charge in [-0.25, -0.2) is 16.8 Å². The molecule has 8 nitrogen and oxygen atoms in total. The minimum absolute atomic E-state index is 0.120. The summed E-state index contributed by atoms with van der Waals surface area (Å²) in [7, 11) is -7.63. The number of amidine groups is 1. The highest BCUT2D eigenvalue weighted by Gasteiger charge is 2.18. The van der Waals surface area contributed by atoms with Gasteiger partial charge in [-0.15, -0.1) is 0 Å². The van der Waals surface area contributed by atoms with Crippen LogP contribution >= 0.6 is 0 Å². The number of oxime groups is 1. The molecule has 0 spiro atoms. The molecule has 10 heteroatoms. The zero-order valence-electron chi connectivity index (χ0n) is 9.94. The van der Waals surface area contributed by atoms with Crippen molar-refractivity contribution in [3.8, 4) is 0 Å². The Morgan fingerprint density at radius 1 is 1.26 bits per heavy atom. The molecule has 0 amide bonds. The van der Waals surface area contributed by atoms with Crippen LogP contribution in [0.2, 0.25) is 0 Å². The van der Waals surface area contributed by atoms with Crippen molar-refractivity contribution in [2.75, 3.05) is 16.1 Å². The number of anilines is 1. The maximum Gasteiger partial charge on any atom is 0.247 e. The minimum atomic E-state index is -3.98. The fourth-order valence-corrected chi connectivity index (χ4v) is 4.24. The number of nitrogens with one attached hydrogen (secondary N) is 1. The topological polar surface area (TPSA) is 139 Å². The van der Waals surface area contributed by atoms with Crippen LogP contribution in [-0.2, 0) is 19.9 Å². The molecule has 0 fully saturated rings. The van der Waals surface area contributed by atoms with E-state index in [1.807, 2.05) is 0 Å². The highest BCUT2D eigenvalue weighted by Crippen LogP contribution is 2.12. The predicted octanol–water partition coefficient (Wildman–Crippen LogP) is -0.475. The quantitative estimate of drug-likeness (QED) is 0.291. The largest absolute Gasteiger partial charge is 0.409 e. The smallest absolute Gasteiger partial charge is 0.247 e. The van der Waals surface area contributed by atoms with Crippen LogP contribution in [0.4, 0.5) is 5.69 Å². The van der Waals surface area contributed by atoms with Gasteiger partial charge in [0.25, 0.3) is 0 Å². The SMILES string of the molecule is CS(=O)(=O)CS(=O)(=O)Nc1ccc(/C(N)=N/O)cc1. The zero-order valence-corrected chi connectivity index (χ0v) is 11.6. The van der Waals surface area contributed by atoms with Crippen molar-refractivity contribution in [3.63, 3.8) is 0 Å². The standard InChI is InChI=1S/C9H13N3O5S2/c1-18(14,15)6-19(16,17)12-8-4-2-7(3-5-8)9(10)11-13/h2-5,12-13H,6H2,1H3,(H2,10,11). The lowest BCUT2D eigenvalue weighted by atomic mass is 10.2. The van der Waals surface area contributed by atoms with E-state index in [4.69, 9.17) is 10.9 Å². The lowest BCUT2D eigenvalue weighted by Gasteiger charge is -2.07. The van der Waals surface area contributed by atoms with E-state index in [1.165, 1.54) is 24.3 Å². The Morgan fingerprint density at radius 3 is 2.21 bits per heavy atom. The summed E-state index contributed by atoms with van der Waals surface area (Å²) in [5.41, 5.74) is 5.91. The van der Waals surface area contributed by atoms with Crippen LogP contribution in [0.5, 0.6) is 0 Å². The van der Waals surface area contributed by atoms with E-state index in [-0.39, 0.29) is 11.5 Å². The van der Waals surface area contributed by atoms with Crippen LogP contribution in [0.25, 0.3) is 0 Å². The molecule has 0 atom stereocenters. The molecular weight excluding hydrogens is 294 g/mol. The summed E-state index contributed by atoms with van der Waals surface area (Å²) in [5, 5.41) is 10.2. The first-order chi connectivity index (χ1) is 8.63. The molecule has 0 unspecified atom stereocenters. The summed E-state index contributed by atoms with van der Waals surface area (Å²) in [6.45, 7) is 0. The molecule has 0 radical (unpaired) electrons. The van der Waals surface area contributed by atoms with Crippen molar-refractivity contribution < 1.29 is 22.0 Å². The summed E-state index contributed by atoms with van der Waals surface area (Å²) < 4.78 is 47.0. The van der Waals surface area contributed by atoms with Gasteiger partial charge in [-0.2, -0.15) is 0 Å².